The standard InChI is InChI=1S/C17H25ClN4O/c1-2-3-7-14-20-15(16(18)21-14)17-19-8-9-22(17)13-6-4-5-12(10-13)11-23/h8-9,12-13,23H,2-7,10-11H2,1H3,(H,20,21)/t12-,13-/m1/s1. The van der Waals surface area contributed by atoms with Crippen LogP contribution in [0.5, 0.6) is 0 Å². The fourth-order valence-electron chi connectivity index (χ4n) is 3.48. The van der Waals surface area contributed by atoms with Gasteiger partial charge in [0.25, 0.3) is 0 Å². The quantitative estimate of drug-likeness (QED) is 0.838. The molecule has 2 heterocycles. The van der Waals surface area contributed by atoms with E-state index in [4.69, 9.17) is 11.6 Å². The molecule has 0 saturated heterocycles. The van der Waals surface area contributed by atoms with Gasteiger partial charge in [0.15, 0.2) is 5.82 Å². The molecule has 1 aliphatic rings. The van der Waals surface area contributed by atoms with Crippen molar-refractivity contribution < 1.29 is 5.11 Å². The fraction of sp³-hybridized carbons (Fsp3) is 0.647. The lowest BCUT2D eigenvalue weighted by Crippen LogP contribution is -2.21. The van der Waals surface area contributed by atoms with Crippen molar-refractivity contribution in [2.75, 3.05) is 6.61 Å². The van der Waals surface area contributed by atoms with Gasteiger partial charge in [-0.15, -0.1) is 0 Å². The largest absolute Gasteiger partial charge is 0.396 e. The molecule has 0 aromatic carbocycles. The molecule has 0 unspecified atom stereocenters. The molecule has 0 amide bonds. The number of nitrogens with one attached hydrogen (secondary N) is 1. The summed E-state index contributed by atoms with van der Waals surface area (Å²) in [6.45, 7) is 2.43. The van der Waals surface area contributed by atoms with Crippen molar-refractivity contribution in [1.29, 1.82) is 0 Å². The van der Waals surface area contributed by atoms with E-state index >= 15 is 0 Å². The van der Waals surface area contributed by atoms with E-state index < -0.39 is 0 Å². The number of rotatable bonds is 6. The number of aromatic amines is 1. The monoisotopic (exact) mass is 336 g/mol. The van der Waals surface area contributed by atoms with E-state index in [-0.39, 0.29) is 6.61 Å². The zero-order valence-electron chi connectivity index (χ0n) is 13.6. The van der Waals surface area contributed by atoms with Crippen molar-refractivity contribution in [3.63, 3.8) is 0 Å². The Hall–Kier alpha value is -1.33. The third kappa shape index (κ3) is 3.61. The van der Waals surface area contributed by atoms with Crippen LogP contribution in [0.15, 0.2) is 12.4 Å². The molecule has 0 aliphatic heterocycles. The summed E-state index contributed by atoms with van der Waals surface area (Å²) in [5, 5.41) is 10.0. The van der Waals surface area contributed by atoms with E-state index in [2.05, 4.69) is 26.4 Å². The topological polar surface area (TPSA) is 66.7 Å². The van der Waals surface area contributed by atoms with Crippen LogP contribution in [0.4, 0.5) is 0 Å². The predicted octanol–water partition coefficient (Wildman–Crippen LogP) is 3.99. The maximum atomic E-state index is 9.46. The fourth-order valence-corrected chi connectivity index (χ4v) is 3.72. The molecule has 0 bridgehead atoms. The molecule has 0 radical (unpaired) electrons. The Kier molecular flexibility index (Phi) is 5.38. The van der Waals surface area contributed by atoms with Gasteiger partial charge >= 0.3 is 0 Å². The normalized spacial score (nSPS) is 21.7. The first kappa shape index (κ1) is 16.5. The molecule has 1 saturated carbocycles. The first-order valence-electron chi connectivity index (χ1n) is 8.61. The first-order chi connectivity index (χ1) is 11.2. The van der Waals surface area contributed by atoms with Crippen LogP contribution >= 0.6 is 11.6 Å². The van der Waals surface area contributed by atoms with Crippen LogP contribution in [0.2, 0.25) is 5.15 Å². The van der Waals surface area contributed by atoms with E-state index in [1.807, 2.05) is 12.4 Å². The summed E-state index contributed by atoms with van der Waals surface area (Å²) in [6.07, 6.45) is 11.3. The molecule has 2 N–H and O–H groups in total. The van der Waals surface area contributed by atoms with Crippen molar-refractivity contribution in [1.82, 2.24) is 19.5 Å². The van der Waals surface area contributed by atoms with Gasteiger partial charge in [0.1, 0.15) is 16.7 Å². The summed E-state index contributed by atoms with van der Waals surface area (Å²) in [5.74, 6) is 2.15. The van der Waals surface area contributed by atoms with Gasteiger partial charge < -0.3 is 14.7 Å². The van der Waals surface area contributed by atoms with Crippen molar-refractivity contribution in [2.24, 2.45) is 5.92 Å². The number of aromatic nitrogens is 4. The molecule has 23 heavy (non-hydrogen) atoms. The highest BCUT2D eigenvalue weighted by Gasteiger charge is 2.26. The highest BCUT2D eigenvalue weighted by atomic mass is 35.5. The number of halogens is 1. The van der Waals surface area contributed by atoms with Gasteiger partial charge in [0.05, 0.1) is 0 Å². The number of aliphatic hydroxyl groups is 1. The molecule has 6 heteroatoms. The Balaban J connectivity index is 1.84. The molecule has 2 atom stereocenters. The summed E-state index contributed by atoms with van der Waals surface area (Å²) < 4.78 is 2.19. The lowest BCUT2D eigenvalue weighted by atomic mass is 9.86. The van der Waals surface area contributed by atoms with Gasteiger partial charge in [0, 0.05) is 31.5 Å². The number of unbranched alkanes of at least 4 members (excludes halogenated alkanes) is 1. The van der Waals surface area contributed by atoms with Crippen LogP contribution in [0.25, 0.3) is 11.5 Å². The average molecular weight is 337 g/mol. The summed E-state index contributed by atoms with van der Waals surface area (Å²) >= 11 is 6.37. The summed E-state index contributed by atoms with van der Waals surface area (Å²) in [5.41, 5.74) is 0.744. The molecule has 1 aliphatic carbocycles. The lowest BCUT2D eigenvalue weighted by molar-refractivity contribution is 0.163. The molecule has 0 spiro atoms. The number of aliphatic hydroxyl groups excluding tert-OH is 1. The van der Waals surface area contributed by atoms with Crippen LogP contribution < -0.4 is 0 Å². The van der Waals surface area contributed by atoms with Crippen LogP contribution in [0, 0.1) is 5.92 Å². The summed E-state index contributed by atoms with van der Waals surface area (Å²) in [4.78, 5) is 12.3. The van der Waals surface area contributed by atoms with Gasteiger partial charge in [-0.25, -0.2) is 9.97 Å². The second kappa shape index (κ2) is 7.49. The Morgan fingerprint density at radius 1 is 1.43 bits per heavy atom. The minimum absolute atomic E-state index is 0.269. The number of hydrogen-bond donors (Lipinski definition) is 2. The predicted molar refractivity (Wildman–Crippen MR) is 91.5 cm³/mol. The van der Waals surface area contributed by atoms with Gasteiger partial charge in [0.2, 0.25) is 0 Å². The van der Waals surface area contributed by atoms with Crippen LogP contribution in [-0.2, 0) is 6.42 Å². The molecular formula is C17H25ClN4O. The number of H-pyrrole nitrogens is 1. The SMILES string of the molecule is CCCCc1nc(-c2nccn2[C@@H]2CCC[C@@H](CO)C2)c(Cl)[nH]1. The first-order valence-corrected chi connectivity index (χ1v) is 8.99. The second-order valence-corrected chi connectivity index (χ2v) is 6.85. The van der Waals surface area contributed by atoms with E-state index in [0.717, 1.165) is 62.3 Å². The Bertz CT molecular complexity index is 636. The lowest BCUT2D eigenvalue weighted by Gasteiger charge is -2.29. The van der Waals surface area contributed by atoms with Gasteiger partial charge in [-0.2, -0.15) is 0 Å². The van der Waals surface area contributed by atoms with Crippen molar-refractivity contribution in [3.05, 3.63) is 23.4 Å². The highest BCUT2D eigenvalue weighted by Crippen LogP contribution is 2.35. The number of nitrogens with zero attached hydrogens (tertiary/aromatic N) is 3. The van der Waals surface area contributed by atoms with E-state index in [9.17, 15) is 5.11 Å². The van der Waals surface area contributed by atoms with Crippen molar-refractivity contribution >= 4 is 11.6 Å². The maximum Gasteiger partial charge on any atom is 0.162 e. The molecule has 5 nitrogen and oxygen atoms in total. The van der Waals surface area contributed by atoms with Gasteiger partial charge in [-0.1, -0.05) is 31.4 Å². The molecule has 126 valence electrons. The zero-order valence-corrected chi connectivity index (χ0v) is 14.4. The second-order valence-electron chi connectivity index (χ2n) is 6.48. The smallest absolute Gasteiger partial charge is 0.162 e. The van der Waals surface area contributed by atoms with Crippen LogP contribution in [-0.4, -0.2) is 31.2 Å². The van der Waals surface area contributed by atoms with Crippen molar-refractivity contribution in [3.8, 4) is 11.5 Å². The Morgan fingerprint density at radius 3 is 3.09 bits per heavy atom. The van der Waals surface area contributed by atoms with Gasteiger partial charge in [-0.3, -0.25) is 0 Å². The minimum atomic E-state index is 0.269. The molecule has 2 aromatic heterocycles. The number of imidazole rings is 2. The third-order valence-electron chi connectivity index (χ3n) is 4.76. The molecule has 3 rings (SSSR count). The summed E-state index contributed by atoms with van der Waals surface area (Å²) in [6, 6.07) is 0.366. The van der Waals surface area contributed by atoms with Crippen LogP contribution in [0.1, 0.15) is 57.3 Å². The van der Waals surface area contributed by atoms with E-state index in [1.54, 1.807) is 0 Å². The van der Waals surface area contributed by atoms with Crippen LogP contribution in [0.3, 0.4) is 0 Å². The van der Waals surface area contributed by atoms with E-state index in [0.29, 0.717) is 17.1 Å². The highest BCUT2D eigenvalue weighted by molar-refractivity contribution is 6.31. The van der Waals surface area contributed by atoms with Crippen molar-refractivity contribution in [2.45, 2.75) is 57.9 Å². The molecular weight excluding hydrogens is 312 g/mol. The third-order valence-corrected chi connectivity index (χ3v) is 5.04. The minimum Gasteiger partial charge on any atom is -0.396 e. The Morgan fingerprint density at radius 2 is 2.30 bits per heavy atom. The zero-order chi connectivity index (χ0) is 16.2. The Labute approximate surface area is 142 Å². The van der Waals surface area contributed by atoms with Gasteiger partial charge in [-0.05, 0) is 31.6 Å². The summed E-state index contributed by atoms with van der Waals surface area (Å²) in [7, 11) is 0. The molecule has 1 fully saturated rings. The number of hydrogen-bond acceptors (Lipinski definition) is 3. The maximum absolute atomic E-state index is 9.46. The van der Waals surface area contributed by atoms with E-state index in [1.165, 1.54) is 0 Å². The number of aryl methyl sites for hydroxylation is 1. The molecule has 2 aromatic rings. The average Bonchev–Trinajstić information content (AvgIpc) is 3.19.